The highest BCUT2D eigenvalue weighted by atomic mass is 16.6. The Labute approximate surface area is 94.8 Å². The number of rotatable bonds is 6. The third-order valence-electron chi connectivity index (χ3n) is 1.89. The second kappa shape index (κ2) is 6.15. The van der Waals surface area contributed by atoms with Gasteiger partial charge in [-0.1, -0.05) is 13.8 Å². The predicted octanol–water partition coefficient (Wildman–Crippen LogP) is 2.28. The minimum atomic E-state index is -0.495. The maximum Gasteiger partial charge on any atom is 0.394 e. The van der Waals surface area contributed by atoms with E-state index in [9.17, 15) is 4.79 Å². The zero-order valence-electron chi connectivity index (χ0n) is 9.86. The Morgan fingerprint density at radius 2 is 2.31 bits per heavy atom. The SMILES string of the molecule is CCOC(=O)c1coc(OCCC(C)C)n1. The Kier molecular flexibility index (Phi) is 4.82. The van der Waals surface area contributed by atoms with E-state index in [-0.39, 0.29) is 11.8 Å². The van der Waals surface area contributed by atoms with Gasteiger partial charge in [-0.15, -0.1) is 0 Å². The van der Waals surface area contributed by atoms with E-state index in [1.807, 2.05) is 0 Å². The molecule has 0 aromatic carbocycles. The summed E-state index contributed by atoms with van der Waals surface area (Å²) in [5, 5.41) is 0. The molecule has 1 heterocycles. The fraction of sp³-hybridized carbons (Fsp3) is 0.636. The van der Waals surface area contributed by atoms with Crippen LogP contribution in [0.1, 0.15) is 37.7 Å². The Bertz CT molecular complexity index is 332. The summed E-state index contributed by atoms with van der Waals surface area (Å²) in [5.74, 6) is 0.0597. The first-order valence-electron chi connectivity index (χ1n) is 5.39. The summed E-state index contributed by atoms with van der Waals surface area (Å²) in [7, 11) is 0. The number of hydrogen-bond donors (Lipinski definition) is 0. The second-order valence-corrected chi connectivity index (χ2v) is 3.75. The van der Waals surface area contributed by atoms with E-state index in [0.717, 1.165) is 6.42 Å². The molecule has 0 unspecified atom stereocenters. The van der Waals surface area contributed by atoms with Crippen molar-refractivity contribution in [3.63, 3.8) is 0 Å². The highest BCUT2D eigenvalue weighted by Crippen LogP contribution is 2.12. The number of carbonyl (C=O) groups excluding carboxylic acids is 1. The highest BCUT2D eigenvalue weighted by molar-refractivity contribution is 5.86. The lowest BCUT2D eigenvalue weighted by Gasteiger charge is -2.03. The van der Waals surface area contributed by atoms with E-state index in [1.54, 1.807) is 6.92 Å². The number of oxazole rings is 1. The fourth-order valence-corrected chi connectivity index (χ4v) is 1.00. The molecule has 0 saturated carbocycles. The molecule has 5 nitrogen and oxygen atoms in total. The zero-order valence-corrected chi connectivity index (χ0v) is 9.86. The number of ether oxygens (including phenoxy) is 2. The molecule has 1 aromatic rings. The van der Waals surface area contributed by atoms with Crippen LogP contribution in [0, 0.1) is 5.92 Å². The first-order chi connectivity index (χ1) is 7.63. The van der Waals surface area contributed by atoms with Crippen molar-refractivity contribution in [2.45, 2.75) is 27.2 Å². The topological polar surface area (TPSA) is 61.6 Å². The standard InChI is InChI=1S/C11H17NO4/c1-4-14-10(13)9-7-16-11(12-9)15-6-5-8(2)3/h7-8H,4-6H2,1-3H3. The van der Waals surface area contributed by atoms with Crippen molar-refractivity contribution in [2.75, 3.05) is 13.2 Å². The maximum atomic E-state index is 11.2. The molecule has 0 fully saturated rings. The number of aromatic nitrogens is 1. The Balaban J connectivity index is 2.42. The molecule has 0 radical (unpaired) electrons. The van der Waals surface area contributed by atoms with E-state index in [4.69, 9.17) is 13.9 Å². The number of carbonyl (C=O) groups is 1. The van der Waals surface area contributed by atoms with Crippen molar-refractivity contribution in [2.24, 2.45) is 5.92 Å². The summed E-state index contributed by atoms with van der Waals surface area (Å²) in [6.45, 7) is 6.78. The molecular weight excluding hydrogens is 210 g/mol. The maximum absolute atomic E-state index is 11.2. The van der Waals surface area contributed by atoms with Gasteiger partial charge in [0, 0.05) is 0 Å². The third kappa shape index (κ3) is 3.92. The summed E-state index contributed by atoms with van der Waals surface area (Å²) in [6, 6.07) is 0. The molecule has 0 saturated heterocycles. The Hall–Kier alpha value is -1.52. The van der Waals surface area contributed by atoms with Crippen LogP contribution in [0.15, 0.2) is 10.7 Å². The molecule has 1 rings (SSSR count). The van der Waals surface area contributed by atoms with E-state index in [2.05, 4.69) is 18.8 Å². The molecule has 0 aliphatic carbocycles. The molecule has 0 aliphatic rings. The molecule has 0 bridgehead atoms. The van der Waals surface area contributed by atoms with E-state index in [0.29, 0.717) is 19.1 Å². The average molecular weight is 227 g/mol. The Morgan fingerprint density at radius 3 is 2.94 bits per heavy atom. The molecule has 0 aliphatic heterocycles. The van der Waals surface area contributed by atoms with Crippen LogP contribution >= 0.6 is 0 Å². The van der Waals surface area contributed by atoms with Crippen LogP contribution in [0.2, 0.25) is 0 Å². The molecule has 16 heavy (non-hydrogen) atoms. The van der Waals surface area contributed by atoms with Crippen molar-refractivity contribution < 1.29 is 18.7 Å². The molecule has 0 spiro atoms. The molecule has 90 valence electrons. The summed E-state index contributed by atoms with van der Waals surface area (Å²) in [4.78, 5) is 15.1. The van der Waals surface area contributed by atoms with Crippen molar-refractivity contribution in [3.8, 4) is 6.08 Å². The first-order valence-corrected chi connectivity index (χ1v) is 5.39. The molecular formula is C11H17NO4. The minimum absolute atomic E-state index is 0.115. The van der Waals surface area contributed by atoms with Crippen molar-refractivity contribution in [3.05, 3.63) is 12.0 Å². The van der Waals surface area contributed by atoms with Gasteiger partial charge in [-0.05, 0) is 19.3 Å². The Morgan fingerprint density at radius 1 is 1.56 bits per heavy atom. The summed E-state index contributed by atoms with van der Waals surface area (Å²) in [5.41, 5.74) is 0.140. The van der Waals surface area contributed by atoms with Crippen LogP contribution in [0.4, 0.5) is 0 Å². The minimum Gasteiger partial charge on any atom is -0.461 e. The lowest BCUT2D eigenvalue weighted by molar-refractivity contribution is 0.0519. The molecule has 5 heteroatoms. The van der Waals surface area contributed by atoms with Gasteiger partial charge in [-0.2, -0.15) is 4.98 Å². The van der Waals surface area contributed by atoms with Crippen LogP contribution in [0.25, 0.3) is 0 Å². The molecule has 0 atom stereocenters. The van der Waals surface area contributed by atoms with Crippen molar-refractivity contribution >= 4 is 5.97 Å². The van der Waals surface area contributed by atoms with Crippen LogP contribution in [0.3, 0.4) is 0 Å². The zero-order chi connectivity index (χ0) is 12.0. The summed E-state index contributed by atoms with van der Waals surface area (Å²) < 4.78 is 15.0. The predicted molar refractivity (Wildman–Crippen MR) is 57.4 cm³/mol. The molecule has 0 N–H and O–H groups in total. The van der Waals surface area contributed by atoms with Gasteiger partial charge in [0.2, 0.25) is 0 Å². The summed E-state index contributed by atoms with van der Waals surface area (Å²) >= 11 is 0. The van der Waals surface area contributed by atoms with Crippen molar-refractivity contribution in [1.82, 2.24) is 4.98 Å². The van der Waals surface area contributed by atoms with Gasteiger partial charge >= 0.3 is 12.0 Å². The fourth-order valence-electron chi connectivity index (χ4n) is 1.00. The first kappa shape index (κ1) is 12.5. The monoisotopic (exact) mass is 227 g/mol. The van der Waals surface area contributed by atoms with Crippen LogP contribution < -0.4 is 4.74 Å². The second-order valence-electron chi connectivity index (χ2n) is 3.75. The van der Waals surface area contributed by atoms with Crippen molar-refractivity contribution in [1.29, 1.82) is 0 Å². The van der Waals surface area contributed by atoms with Gasteiger partial charge in [0.25, 0.3) is 0 Å². The van der Waals surface area contributed by atoms with Gasteiger partial charge < -0.3 is 13.9 Å². The van der Waals surface area contributed by atoms with Crippen LogP contribution in [-0.2, 0) is 4.74 Å². The average Bonchev–Trinajstić information content (AvgIpc) is 2.66. The largest absolute Gasteiger partial charge is 0.461 e. The number of nitrogens with zero attached hydrogens (tertiary/aromatic N) is 1. The lowest BCUT2D eigenvalue weighted by Crippen LogP contribution is -2.05. The summed E-state index contributed by atoms with van der Waals surface area (Å²) in [6.07, 6.45) is 2.27. The smallest absolute Gasteiger partial charge is 0.394 e. The molecule has 0 amide bonds. The van der Waals surface area contributed by atoms with Crippen LogP contribution in [0.5, 0.6) is 6.08 Å². The van der Waals surface area contributed by atoms with E-state index >= 15 is 0 Å². The van der Waals surface area contributed by atoms with Gasteiger partial charge in [0.15, 0.2) is 5.69 Å². The highest BCUT2D eigenvalue weighted by Gasteiger charge is 2.13. The lowest BCUT2D eigenvalue weighted by atomic mass is 10.1. The van der Waals surface area contributed by atoms with E-state index < -0.39 is 5.97 Å². The number of hydrogen-bond acceptors (Lipinski definition) is 5. The normalized spacial score (nSPS) is 10.5. The van der Waals surface area contributed by atoms with Gasteiger partial charge in [-0.25, -0.2) is 4.79 Å². The number of esters is 1. The van der Waals surface area contributed by atoms with Gasteiger partial charge in [-0.3, -0.25) is 0 Å². The van der Waals surface area contributed by atoms with Crippen LogP contribution in [-0.4, -0.2) is 24.2 Å². The quantitative estimate of drug-likeness (QED) is 0.697. The van der Waals surface area contributed by atoms with Gasteiger partial charge in [0.05, 0.1) is 13.2 Å². The van der Waals surface area contributed by atoms with Gasteiger partial charge in [0.1, 0.15) is 6.26 Å². The van der Waals surface area contributed by atoms with E-state index in [1.165, 1.54) is 6.26 Å². The molecule has 1 aromatic heterocycles. The third-order valence-corrected chi connectivity index (χ3v) is 1.89.